The third kappa shape index (κ3) is 2.74. The molecule has 0 aromatic rings. The average molecular weight is 226 g/mol. The number of carbonyl (C=O) groups excluding carboxylic acids is 1. The van der Waals surface area contributed by atoms with Crippen molar-refractivity contribution < 1.29 is 9.53 Å². The summed E-state index contributed by atoms with van der Waals surface area (Å²) in [5.74, 6) is 0.373. The lowest BCUT2D eigenvalue weighted by Gasteiger charge is -2.29. The van der Waals surface area contributed by atoms with E-state index in [0.29, 0.717) is 5.92 Å². The highest BCUT2D eigenvalue weighted by molar-refractivity contribution is 5.76. The van der Waals surface area contributed by atoms with Crippen molar-refractivity contribution >= 4 is 5.97 Å². The van der Waals surface area contributed by atoms with E-state index in [1.807, 2.05) is 0 Å². The van der Waals surface area contributed by atoms with Crippen LogP contribution in [-0.2, 0) is 9.53 Å². The first kappa shape index (κ1) is 11.9. The van der Waals surface area contributed by atoms with Gasteiger partial charge in [0, 0.05) is 13.1 Å². The molecule has 0 radical (unpaired) electrons. The van der Waals surface area contributed by atoms with E-state index in [1.165, 1.54) is 0 Å². The van der Waals surface area contributed by atoms with Gasteiger partial charge < -0.3 is 15.0 Å². The maximum Gasteiger partial charge on any atom is 0.323 e. The van der Waals surface area contributed by atoms with Crippen LogP contribution in [0.25, 0.3) is 0 Å². The number of hydrogen-bond donors (Lipinski definition) is 1. The normalized spacial score (nSPS) is 32.9. The van der Waals surface area contributed by atoms with Crippen molar-refractivity contribution in [3.8, 4) is 0 Å². The van der Waals surface area contributed by atoms with E-state index in [9.17, 15) is 4.79 Å². The smallest absolute Gasteiger partial charge is 0.323 e. The van der Waals surface area contributed by atoms with Crippen molar-refractivity contribution in [1.82, 2.24) is 10.2 Å². The van der Waals surface area contributed by atoms with Crippen molar-refractivity contribution in [1.29, 1.82) is 0 Å². The predicted octanol–water partition coefficient (Wildman–Crippen LogP) is 0.622. The lowest BCUT2D eigenvalue weighted by molar-refractivity contribution is -0.154. The van der Waals surface area contributed by atoms with Crippen LogP contribution in [0.5, 0.6) is 0 Å². The van der Waals surface area contributed by atoms with Crippen LogP contribution in [0.4, 0.5) is 0 Å². The SMILES string of the molecule is CC1CCNC1C(=O)OC1CCN(C)CC1. The standard InChI is InChI=1S/C12H22N2O2/c1-9-3-6-13-11(9)12(15)16-10-4-7-14(2)8-5-10/h9-11,13H,3-8H2,1-2H3. The predicted molar refractivity (Wildman–Crippen MR) is 62.2 cm³/mol. The largest absolute Gasteiger partial charge is 0.461 e. The molecule has 4 nitrogen and oxygen atoms in total. The minimum Gasteiger partial charge on any atom is -0.461 e. The molecular formula is C12H22N2O2. The second-order valence-corrected chi connectivity index (χ2v) is 5.14. The lowest BCUT2D eigenvalue weighted by atomic mass is 10.0. The van der Waals surface area contributed by atoms with Crippen molar-refractivity contribution in [2.75, 3.05) is 26.7 Å². The quantitative estimate of drug-likeness (QED) is 0.701. The molecule has 0 aromatic carbocycles. The van der Waals surface area contributed by atoms with Crippen LogP contribution in [-0.4, -0.2) is 49.7 Å². The summed E-state index contributed by atoms with van der Waals surface area (Å²) >= 11 is 0. The first-order valence-corrected chi connectivity index (χ1v) is 6.29. The molecule has 2 atom stereocenters. The van der Waals surface area contributed by atoms with Gasteiger partial charge in [0.15, 0.2) is 0 Å². The Labute approximate surface area is 97.3 Å². The summed E-state index contributed by atoms with van der Waals surface area (Å²) in [5, 5.41) is 3.22. The van der Waals surface area contributed by atoms with E-state index < -0.39 is 0 Å². The van der Waals surface area contributed by atoms with Crippen LogP contribution in [0.15, 0.2) is 0 Å². The first-order valence-electron chi connectivity index (χ1n) is 6.29. The second-order valence-electron chi connectivity index (χ2n) is 5.14. The molecule has 0 saturated carbocycles. The number of hydrogen-bond acceptors (Lipinski definition) is 4. The van der Waals surface area contributed by atoms with Gasteiger partial charge in [0.25, 0.3) is 0 Å². The molecule has 0 aliphatic carbocycles. The Morgan fingerprint density at radius 1 is 1.31 bits per heavy atom. The Hall–Kier alpha value is -0.610. The van der Waals surface area contributed by atoms with Crippen LogP contribution in [0.2, 0.25) is 0 Å². The Bertz CT molecular complexity index is 249. The molecular weight excluding hydrogens is 204 g/mol. The summed E-state index contributed by atoms with van der Waals surface area (Å²) in [6.45, 7) is 5.12. The van der Waals surface area contributed by atoms with Crippen LogP contribution >= 0.6 is 0 Å². The molecule has 2 aliphatic rings. The van der Waals surface area contributed by atoms with E-state index in [-0.39, 0.29) is 18.1 Å². The molecule has 0 amide bonds. The number of ether oxygens (including phenoxy) is 1. The van der Waals surface area contributed by atoms with Crippen molar-refractivity contribution in [2.45, 2.75) is 38.3 Å². The van der Waals surface area contributed by atoms with Crippen LogP contribution < -0.4 is 5.32 Å². The maximum absolute atomic E-state index is 11.9. The van der Waals surface area contributed by atoms with Gasteiger partial charge in [0.05, 0.1) is 0 Å². The van der Waals surface area contributed by atoms with Gasteiger partial charge in [0.2, 0.25) is 0 Å². The van der Waals surface area contributed by atoms with E-state index in [0.717, 1.165) is 38.9 Å². The van der Waals surface area contributed by atoms with Crippen molar-refractivity contribution in [2.24, 2.45) is 5.92 Å². The van der Waals surface area contributed by atoms with Crippen LogP contribution in [0, 0.1) is 5.92 Å². The maximum atomic E-state index is 11.9. The monoisotopic (exact) mass is 226 g/mol. The fourth-order valence-corrected chi connectivity index (χ4v) is 2.49. The van der Waals surface area contributed by atoms with Gasteiger partial charge in [-0.25, -0.2) is 0 Å². The number of nitrogens with zero attached hydrogens (tertiary/aromatic N) is 1. The molecule has 2 aliphatic heterocycles. The summed E-state index contributed by atoms with van der Waals surface area (Å²) in [5.41, 5.74) is 0. The van der Waals surface area contributed by atoms with E-state index >= 15 is 0 Å². The molecule has 2 saturated heterocycles. The molecule has 92 valence electrons. The van der Waals surface area contributed by atoms with Crippen molar-refractivity contribution in [3.05, 3.63) is 0 Å². The zero-order chi connectivity index (χ0) is 11.5. The number of esters is 1. The van der Waals surface area contributed by atoms with Gasteiger partial charge in [-0.1, -0.05) is 6.92 Å². The average Bonchev–Trinajstić information content (AvgIpc) is 2.68. The number of carbonyl (C=O) groups is 1. The highest BCUT2D eigenvalue weighted by Gasteiger charge is 2.32. The molecule has 2 rings (SSSR count). The molecule has 0 bridgehead atoms. The van der Waals surface area contributed by atoms with E-state index in [2.05, 4.69) is 24.2 Å². The van der Waals surface area contributed by atoms with E-state index in [1.54, 1.807) is 0 Å². The first-order chi connectivity index (χ1) is 7.66. The highest BCUT2D eigenvalue weighted by Crippen LogP contribution is 2.18. The molecule has 2 fully saturated rings. The van der Waals surface area contributed by atoms with Gasteiger partial charge >= 0.3 is 5.97 Å². The Balaban J connectivity index is 1.78. The second kappa shape index (κ2) is 5.15. The Morgan fingerprint density at radius 2 is 2.00 bits per heavy atom. The molecule has 0 spiro atoms. The molecule has 2 unspecified atom stereocenters. The van der Waals surface area contributed by atoms with Gasteiger partial charge in [-0.15, -0.1) is 0 Å². The molecule has 2 heterocycles. The number of likely N-dealkylation sites (tertiary alicyclic amines) is 1. The minimum atomic E-state index is -0.0698. The van der Waals surface area contributed by atoms with E-state index in [4.69, 9.17) is 4.74 Å². The Kier molecular flexibility index (Phi) is 3.82. The molecule has 1 N–H and O–H groups in total. The third-order valence-electron chi connectivity index (χ3n) is 3.74. The van der Waals surface area contributed by atoms with Gasteiger partial charge in [-0.2, -0.15) is 0 Å². The summed E-state index contributed by atoms with van der Waals surface area (Å²) in [6, 6.07) is -0.0698. The van der Waals surface area contributed by atoms with Crippen LogP contribution in [0.3, 0.4) is 0 Å². The third-order valence-corrected chi connectivity index (χ3v) is 3.74. The summed E-state index contributed by atoms with van der Waals surface area (Å²) in [7, 11) is 2.11. The Morgan fingerprint density at radius 3 is 2.56 bits per heavy atom. The van der Waals surface area contributed by atoms with Gasteiger partial charge in [-0.3, -0.25) is 4.79 Å². The minimum absolute atomic E-state index is 0.0421. The number of piperidine rings is 1. The molecule has 16 heavy (non-hydrogen) atoms. The molecule has 0 aromatic heterocycles. The van der Waals surface area contributed by atoms with Gasteiger partial charge in [-0.05, 0) is 38.8 Å². The number of nitrogens with one attached hydrogen (secondary N) is 1. The zero-order valence-corrected chi connectivity index (χ0v) is 10.2. The summed E-state index contributed by atoms with van der Waals surface area (Å²) < 4.78 is 5.57. The summed E-state index contributed by atoms with van der Waals surface area (Å²) in [6.07, 6.45) is 3.16. The van der Waals surface area contributed by atoms with Crippen LogP contribution in [0.1, 0.15) is 26.2 Å². The van der Waals surface area contributed by atoms with Gasteiger partial charge in [0.1, 0.15) is 12.1 Å². The fourth-order valence-electron chi connectivity index (χ4n) is 2.49. The summed E-state index contributed by atoms with van der Waals surface area (Å²) in [4.78, 5) is 14.2. The van der Waals surface area contributed by atoms with Crippen molar-refractivity contribution in [3.63, 3.8) is 0 Å². The lowest BCUT2D eigenvalue weighted by Crippen LogP contribution is -2.41. The number of rotatable bonds is 2. The highest BCUT2D eigenvalue weighted by atomic mass is 16.5. The topological polar surface area (TPSA) is 41.6 Å². The fraction of sp³-hybridized carbons (Fsp3) is 0.917. The molecule has 4 heteroatoms. The zero-order valence-electron chi connectivity index (χ0n) is 10.2.